The molecule has 5 nitrogen and oxygen atoms in total. The first kappa shape index (κ1) is 21.3. The molecule has 2 heterocycles. The molecule has 1 aromatic heterocycles. The summed E-state index contributed by atoms with van der Waals surface area (Å²) in [5.41, 5.74) is 5.97. The summed E-state index contributed by atoms with van der Waals surface area (Å²) in [5, 5.41) is 3.57. The summed E-state index contributed by atoms with van der Waals surface area (Å²) in [6.45, 7) is 4.07. The Hall–Kier alpha value is -3.57. The normalized spacial score (nSPS) is 12.6. The van der Waals surface area contributed by atoms with Gasteiger partial charge in [0.2, 0.25) is 5.89 Å². The number of benzene rings is 3. The number of fused-ring (bicyclic) bond motifs is 1. The van der Waals surface area contributed by atoms with Gasteiger partial charge >= 0.3 is 0 Å². The third kappa shape index (κ3) is 4.64. The highest BCUT2D eigenvalue weighted by Crippen LogP contribution is 2.30. The van der Waals surface area contributed by atoms with Crippen molar-refractivity contribution < 1.29 is 9.21 Å². The van der Waals surface area contributed by atoms with Gasteiger partial charge < -0.3 is 14.6 Å². The molecule has 1 aliphatic rings. The van der Waals surface area contributed by atoms with E-state index in [2.05, 4.69) is 34.5 Å². The fourth-order valence-corrected chi connectivity index (χ4v) is 4.36. The third-order valence-electron chi connectivity index (χ3n) is 5.95. The second-order valence-corrected chi connectivity index (χ2v) is 8.65. The van der Waals surface area contributed by atoms with E-state index in [-0.39, 0.29) is 5.91 Å². The molecular weight excluding hydrogens is 434 g/mol. The molecule has 4 aromatic rings. The highest BCUT2D eigenvalue weighted by Gasteiger charge is 2.21. The molecule has 3 aromatic carbocycles. The van der Waals surface area contributed by atoms with Crippen LogP contribution in [-0.2, 0) is 19.5 Å². The Morgan fingerprint density at radius 2 is 1.91 bits per heavy atom. The van der Waals surface area contributed by atoms with E-state index >= 15 is 0 Å². The third-order valence-corrected chi connectivity index (χ3v) is 6.19. The number of oxazole rings is 1. The Bertz CT molecular complexity index is 1300. The highest BCUT2D eigenvalue weighted by molar-refractivity contribution is 6.30. The number of halogens is 1. The second-order valence-electron chi connectivity index (χ2n) is 8.21. The van der Waals surface area contributed by atoms with Crippen molar-refractivity contribution in [3.05, 3.63) is 106 Å². The van der Waals surface area contributed by atoms with Crippen LogP contribution in [0.1, 0.15) is 32.9 Å². The Kier molecular flexibility index (Phi) is 5.88. The average molecular weight is 458 g/mol. The van der Waals surface area contributed by atoms with E-state index in [4.69, 9.17) is 21.0 Å². The van der Waals surface area contributed by atoms with Crippen LogP contribution in [0.2, 0.25) is 5.02 Å². The number of nitrogens with zero attached hydrogens (tertiary/aromatic N) is 2. The topological polar surface area (TPSA) is 58.4 Å². The molecule has 0 fully saturated rings. The molecule has 0 saturated heterocycles. The number of hydrogen-bond acceptors (Lipinski definition) is 4. The molecule has 0 spiro atoms. The molecule has 1 amide bonds. The van der Waals surface area contributed by atoms with Crippen LogP contribution >= 0.6 is 11.6 Å². The van der Waals surface area contributed by atoms with Crippen LogP contribution in [0.3, 0.4) is 0 Å². The predicted octanol–water partition coefficient (Wildman–Crippen LogP) is 5.80. The maximum Gasteiger partial charge on any atom is 0.251 e. The molecule has 1 N–H and O–H groups in total. The van der Waals surface area contributed by atoms with Gasteiger partial charge in [0.1, 0.15) is 11.5 Å². The quantitative estimate of drug-likeness (QED) is 0.397. The minimum atomic E-state index is -0.140. The first-order valence-corrected chi connectivity index (χ1v) is 11.4. The number of aryl methyl sites for hydroxylation is 1. The van der Waals surface area contributed by atoms with Crippen molar-refractivity contribution in [3.8, 4) is 11.5 Å². The smallest absolute Gasteiger partial charge is 0.251 e. The molecule has 0 saturated carbocycles. The lowest BCUT2D eigenvalue weighted by Gasteiger charge is -2.17. The van der Waals surface area contributed by atoms with Gasteiger partial charge in [-0.05, 0) is 66.9 Å². The Labute approximate surface area is 198 Å². The molecule has 6 heteroatoms. The van der Waals surface area contributed by atoms with E-state index in [1.807, 2.05) is 43.3 Å². The molecular formula is C27H24ClN3O2. The molecule has 0 bridgehead atoms. The molecule has 0 atom stereocenters. The van der Waals surface area contributed by atoms with Crippen molar-refractivity contribution in [2.45, 2.75) is 26.4 Å². The summed E-state index contributed by atoms with van der Waals surface area (Å²) in [6.07, 6.45) is 1.06. The highest BCUT2D eigenvalue weighted by atomic mass is 35.5. The summed E-state index contributed by atoms with van der Waals surface area (Å²) in [6, 6.07) is 23.3. The predicted molar refractivity (Wildman–Crippen MR) is 130 cm³/mol. The fraction of sp³-hybridized carbons (Fsp3) is 0.185. The van der Waals surface area contributed by atoms with Crippen molar-refractivity contribution in [3.63, 3.8) is 0 Å². The van der Waals surface area contributed by atoms with Crippen molar-refractivity contribution in [2.75, 3.05) is 11.4 Å². The van der Waals surface area contributed by atoms with Crippen LogP contribution in [0.25, 0.3) is 11.5 Å². The van der Waals surface area contributed by atoms with Crippen LogP contribution in [-0.4, -0.2) is 17.4 Å². The van der Waals surface area contributed by atoms with Gasteiger partial charge in [-0.1, -0.05) is 41.9 Å². The Balaban J connectivity index is 1.25. The maximum absolute atomic E-state index is 12.5. The number of aromatic nitrogens is 1. The molecule has 0 unspecified atom stereocenters. The van der Waals surface area contributed by atoms with E-state index in [1.54, 1.807) is 12.1 Å². The molecule has 1 aliphatic heterocycles. The van der Waals surface area contributed by atoms with Crippen molar-refractivity contribution in [1.82, 2.24) is 10.3 Å². The van der Waals surface area contributed by atoms with Crippen LogP contribution in [0.15, 0.2) is 77.2 Å². The summed E-state index contributed by atoms with van der Waals surface area (Å²) in [5.74, 6) is 1.25. The largest absolute Gasteiger partial charge is 0.441 e. The Morgan fingerprint density at radius 3 is 2.73 bits per heavy atom. The van der Waals surface area contributed by atoms with Crippen molar-refractivity contribution >= 4 is 23.2 Å². The van der Waals surface area contributed by atoms with Crippen LogP contribution in [0, 0.1) is 6.92 Å². The van der Waals surface area contributed by atoms with Gasteiger partial charge in [0.15, 0.2) is 0 Å². The van der Waals surface area contributed by atoms with Gasteiger partial charge in [-0.25, -0.2) is 4.98 Å². The van der Waals surface area contributed by atoms with Gasteiger partial charge in [0.25, 0.3) is 5.91 Å². The minimum Gasteiger partial charge on any atom is -0.441 e. The number of carbonyl (C=O) groups excluding carboxylic acids is 1. The van der Waals surface area contributed by atoms with E-state index in [1.165, 1.54) is 11.3 Å². The molecule has 166 valence electrons. The number of para-hydroxylation sites is 1. The van der Waals surface area contributed by atoms with Gasteiger partial charge in [-0.15, -0.1) is 0 Å². The van der Waals surface area contributed by atoms with Crippen molar-refractivity contribution in [1.29, 1.82) is 0 Å². The van der Waals surface area contributed by atoms with Gasteiger partial charge in [-0.2, -0.15) is 0 Å². The average Bonchev–Trinajstić information content (AvgIpc) is 3.41. The number of rotatable bonds is 6. The first-order chi connectivity index (χ1) is 16.1. The SMILES string of the molecule is Cc1oc(-c2ccc(C(=O)NCc3cccc(Cl)c3)cc2)nc1CN1CCc2ccccc21. The van der Waals surface area contributed by atoms with Crippen molar-refractivity contribution in [2.24, 2.45) is 0 Å². The van der Waals surface area contributed by atoms with Gasteiger partial charge in [-0.3, -0.25) is 4.79 Å². The van der Waals surface area contributed by atoms with E-state index < -0.39 is 0 Å². The van der Waals surface area contributed by atoms with Gasteiger partial charge in [0, 0.05) is 34.9 Å². The summed E-state index contributed by atoms with van der Waals surface area (Å²) >= 11 is 6.01. The second kappa shape index (κ2) is 9.12. The zero-order chi connectivity index (χ0) is 22.8. The Morgan fingerprint density at radius 1 is 1.09 bits per heavy atom. The maximum atomic E-state index is 12.5. The zero-order valence-electron chi connectivity index (χ0n) is 18.3. The van der Waals surface area contributed by atoms with Crippen LogP contribution in [0.5, 0.6) is 0 Å². The molecule has 0 radical (unpaired) electrons. The van der Waals surface area contributed by atoms with E-state index in [9.17, 15) is 4.79 Å². The van der Waals surface area contributed by atoms with Gasteiger partial charge in [0.05, 0.1) is 6.54 Å². The molecule has 0 aliphatic carbocycles. The minimum absolute atomic E-state index is 0.140. The summed E-state index contributed by atoms with van der Waals surface area (Å²) in [7, 11) is 0. The lowest BCUT2D eigenvalue weighted by Crippen LogP contribution is -2.22. The van der Waals surface area contributed by atoms with Crippen LogP contribution < -0.4 is 10.2 Å². The summed E-state index contributed by atoms with van der Waals surface area (Å²) in [4.78, 5) is 19.6. The standard InChI is InChI=1S/C27H24ClN3O2/c1-18-24(17-31-14-13-20-6-2-3-8-25(20)31)30-27(33-18)22-11-9-21(10-12-22)26(32)29-16-19-5-4-7-23(28)15-19/h2-12,15H,13-14,16-17H2,1H3,(H,29,32). The fourth-order valence-electron chi connectivity index (χ4n) is 4.15. The lowest BCUT2D eigenvalue weighted by molar-refractivity contribution is 0.0951. The lowest BCUT2D eigenvalue weighted by atomic mass is 10.1. The molecule has 5 rings (SSSR count). The number of anilines is 1. The van der Waals surface area contributed by atoms with E-state index in [0.29, 0.717) is 23.0 Å². The summed E-state index contributed by atoms with van der Waals surface area (Å²) < 4.78 is 5.97. The number of hydrogen-bond donors (Lipinski definition) is 1. The van der Waals surface area contributed by atoms with E-state index in [0.717, 1.165) is 42.1 Å². The number of amides is 1. The zero-order valence-corrected chi connectivity index (χ0v) is 19.1. The monoisotopic (exact) mass is 457 g/mol. The first-order valence-electron chi connectivity index (χ1n) is 11.0. The number of carbonyl (C=O) groups is 1. The van der Waals surface area contributed by atoms with Crippen LogP contribution in [0.4, 0.5) is 5.69 Å². The molecule has 33 heavy (non-hydrogen) atoms. The number of nitrogens with one attached hydrogen (secondary N) is 1.